The third-order valence-corrected chi connectivity index (χ3v) is 6.80. The van der Waals surface area contributed by atoms with Crippen LogP contribution in [-0.2, 0) is 0 Å². The summed E-state index contributed by atoms with van der Waals surface area (Å²) >= 11 is 7.49. The highest BCUT2D eigenvalue weighted by Crippen LogP contribution is 2.34. The number of ether oxygens (including phenoxy) is 1. The number of benzene rings is 3. The molecule has 0 aliphatic heterocycles. The van der Waals surface area contributed by atoms with Crippen molar-refractivity contribution < 1.29 is 18.3 Å². The number of imidazole rings is 1. The Labute approximate surface area is 213 Å². The van der Waals surface area contributed by atoms with Gasteiger partial charge in [0.2, 0.25) is 10.9 Å². The summed E-state index contributed by atoms with van der Waals surface area (Å²) in [7, 11) is 1.27. The monoisotopic (exact) mass is 522 g/mol. The zero-order valence-electron chi connectivity index (χ0n) is 18.7. The number of rotatable bonds is 6. The molecule has 5 aromatic rings. The van der Waals surface area contributed by atoms with E-state index in [1.807, 2.05) is 6.07 Å². The van der Waals surface area contributed by atoms with Crippen LogP contribution in [0.1, 0.15) is 10.4 Å². The topological polar surface area (TPSA) is 68.5 Å². The van der Waals surface area contributed by atoms with Crippen LogP contribution in [0.3, 0.4) is 0 Å². The largest absolute Gasteiger partial charge is 0.494 e. The summed E-state index contributed by atoms with van der Waals surface area (Å²) in [6.07, 6.45) is 4.56. The molecule has 0 saturated carbocycles. The summed E-state index contributed by atoms with van der Waals surface area (Å²) in [5, 5.41) is 3.42. The van der Waals surface area contributed by atoms with E-state index in [4.69, 9.17) is 16.3 Å². The van der Waals surface area contributed by atoms with E-state index in [1.54, 1.807) is 53.1 Å². The van der Waals surface area contributed by atoms with Crippen LogP contribution in [0.15, 0.2) is 84.1 Å². The molecule has 36 heavy (non-hydrogen) atoms. The fourth-order valence-electron chi connectivity index (χ4n) is 3.63. The van der Waals surface area contributed by atoms with E-state index in [1.165, 1.54) is 31.6 Å². The Morgan fingerprint density at radius 1 is 1.06 bits per heavy atom. The standard InChI is InChI=1S/C26H17ClF2N4O2S/c1-35-20-9-8-17(22(28)23(20)29)19-14-31-25-24(30-11-12-33(19)25)32-16-7-10-21(18(27)13-16)36-26(34)15-5-3-2-4-6-15/h2-14H,1H3,(H,30,32). The van der Waals surface area contributed by atoms with Crippen LogP contribution in [0.5, 0.6) is 5.75 Å². The molecule has 0 atom stereocenters. The van der Waals surface area contributed by atoms with Crippen molar-refractivity contribution in [2.24, 2.45) is 0 Å². The Balaban J connectivity index is 1.42. The van der Waals surface area contributed by atoms with E-state index in [0.29, 0.717) is 38.3 Å². The molecule has 0 saturated heterocycles. The molecule has 0 unspecified atom stereocenters. The molecule has 0 bridgehead atoms. The SMILES string of the molecule is COc1ccc(-c2cnc3c(Nc4ccc(SC(=O)c5ccccc5)c(Cl)c4)nccn23)c(F)c1F. The van der Waals surface area contributed by atoms with Gasteiger partial charge >= 0.3 is 0 Å². The second-order valence-electron chi connectivity index (χ2n) is 7.58. The molecule has 2 heterocycles. The molecule has 3 aromatic carbocycles. The number of anilines is 2. The van der Waals surface area contributed by atoms with E-state index < -0.39 is 11.6 Å². The summed E-state index contributed by atoms with van der Waals surface area (Å²) in [5.74, 6) is -1.91. The fourth-order valence-corrected chi connectivity index (χ4v) is 4.67. The molecule has 2 aromatic heterocycles. The second-order valence-corrected chi connectivity index (χ2v) is 9.00. The van der Waals surface area contributed by atoms with Gasteiger partial charge in [0.15, 0.2) is 23.0 Å². The first-order valence-electron chi connectivity index (χ1n) is 10.6. The fraction of sp³-hybridized carbons (Fsp3) is 0.0385. The van der Waals surface area contributed by atoms with Gasteiger partial charge in [-0.25, -0.2) is 14.4 Å². The number of nitrogens with one attached hydrogen (secondary N) is 1. The Kier molecular flexibility index (Phi) is 6.58. The van der Waals surface area contributed by atoms with Crippen LogP contribution < -0.4 is 10.1 Å². The quantitative estimate of drug-likeness (QED) is 0.242. The maximum absolute atomic E-state index is 14.7. The lowest BCUT2D eigenvalue weighted by molar-refractivity contribution is 0.108. The summed E-state index contributed by atoms with van der Waals surface area (Å²) in [5.41, 5.74) is 1.98. The zero-order valence-corrected chi connectivity index (χ0v) is 20.3. The molecule has 0 radical (unpaired) electrons. The van der Waals surface area contributed by atoms with E-state index in [2.05, 4.69) is 15.3 Å². The predicted octanol–water partition coefficient (Wildman–Crippen LogP) is 7.01. The number of aromatic nitrogens is 3. The minimum atomic E-state index is -1.07. The lowest BCUT2D eigenvalue weighted by Crippen LogP contribution is -2.00. The number of fused-ring (bicyclic) bond motifs is 1. The molecule has 0 spiro atoms. The number of nitrogens with zero attached hydrogens (tertiary/aromatic N) is 3. The van der Waals surface area contributed by atoms with E-state index in [9.17, 15) is 13.6 Å². The van der Waals surface area contributed by atoms with Gasteiger partial charge in [-0.2, -0.15) is 4.39 Å². The molecule has 6 nitrogen and oxygen atoms in total. The lowest BCUT2D eigenvalue weighted by Gasteiger charge is -2.11. The summed E-state index contributed by atoms with van der Waals surface area (Å²) in [6.45, 7) is 0. The van der Waals surface area contributed by atoms with Crippen LogP contribution >= 0.6 is 23.4 Å². The smallest absolute Gasteiger partial charge is 0.224 e. The van der Waals surface area contributed by atoms with Gasteiger partial charge in [-0.05, 0) is 42.1 Å². The maximum Gasteiger partial charge on any atom is 0.224 e. The highest BCUT2D eigenvalue weighted by molar-refractivity contribution is 8.14. The molecular weight excluding hydrogens is 506 g/mol. The summed E-state index contributed by atoms with van der Waals surface area (Å²) < 4.78 is 35.4. The lowest BCUT2D eigenvalue weighted by atomic mass is 10.1. The molecule has 10 heteroatoms. The van der Waals surface area contributed by atoms with Crippen molar-refractivity contribution in [1.82, 2.24) is 14.4 Å². The molecule has 0 fully saturated rings. The van der Waals surface area contributed by atoms with Crippen LogP contribution in [0.25, 0.3) is 16.9 Å². The predicted molar refractivity (Wildman–Crippen MR) is 136 cm³/mol. The third-order valence-electron chi connectivity index (χ3n) is 5.38. The highest BCUT2D eigenvalue weighted by Gasteiger charge is 2.19. The van der Waals surface area contributed by atoms with E-state index in [0.717, 1.165) is 11.8 Å². The van der Waals surface area contributed by atoms with Crippen LogP contribution in [0.2, 0.25) is 5.02 Å². The molecular formula is C26H17ClF2N4O2S. The first-order valence-corrected chi connectivity index (χ1v) is 11.8. The first-order chi connectivity index (χ1) is 17.5. The van der Waals surface area contributed by atoms with Crippen LogP contribution in [-0.4, -0.2) is 26.6 Å². The van der Waals surface area contributed by atoms with Crippen molar-refractivity contribution >= 4 is 45.6 Å². The first kappa shape index (κ1) is 23.8. The summed E-state index contributed by atoms with van der Waals surface area (Å²) in [6, 6.07) is 16.9. The van der Waals surface area contributed by atoms with Gasteiger partial charge in [0, 0.05) is 34.1 Å². The van der Waals surface area contributed by atoms with Crippen molar-refractivity contribution in [3.63, 3.8) is 0 Å². The molecule has 1 N–H and O–H groups in total. The normalized spacial score (nSPS) is 11.0. The Morgan fingerprint density at radius 2 is 1.86 bits per heavy atom. The van der Waals surface area contributed by atoms with Crippen molar-refractivity contribution in [2.45, 2.75) is 4.90 Å². The van der Waals surface area contributed by atoms with Gasteiger partial charge in [-0.3, -0.25) is 9.20 Å². The number of carbonyl (C=O) groups is 1. The molecule has 180 valence electrons. The van der Waals surface area contributed by atoms with Gasteiger partial charge in [0.05, 0.1) is 24.0 Å². The zero-order chi connectivity index (χ0) is 25.2. The number of hydrogen-bond donors (Lipinski definition) is 1. The summed E-state index contributed by atoms with van der Waals surface area (Å²) in [4.78, 5) is 21.8. The molecule has 0 aliphatic carbocycles. The number of carbonyl (C=O) groups excluding carboxylic acids is 1. The van der Waals surface area contributed by atoms with Gasteiger partial charge in [-0.15, -0.1) is 0 Å². The number of hydrogen-bond acceptors (Lipinski definition) is 6. The van der Waals surface area contributed by atoms with E-state index in [-0.39, 0.29) is 16.4 Å². The Hall–Kier alpha value is -3.95. The Morgan fingerprint density at radius 3 is 2.61 bits per heavy atom. The minimum absolute atomic E-state index is 0.0328. The molecule has 5 rings (SSSR count). The van der Waals surface area contributed by atoms with E-state index >= 15 is 0 Å². The van der Waals surface area contributed by atoms with Crippen molar-refractivity contribution in [1.29, 1.82) is 0 Å². The minimum Gasteiger partial charge on any atom is -0.494 e. The average molecular weight is 523 g/mol. The highest BCUT2D eigenvalue weighted by atomic mass is 35.5. The molecule has 0 amide bonds. The van der Waals surface area contributed by atoms with Crippen molar-refractivity contribution in [3.8, 4) is 17.0 Å². The van der Waals surface area contributed by atoms with Gasteiger partial charge in [0.25, 0.3) is 0 Å². The second kappa shape index (κ2) is 9.96. The number of halogens is 3. The van der Waals surface area contributed by atoms with Gasteiger partial charge in [0.1, 0.15) is 0 Å². The van der Waals surface area contributed by atoms with Gasteiger partial charge < -0.3 is 10.1 Å². The van der Waals surface area contributed by atoms with Crippen molar-refractivity contribution in [2.75, 3.05) is 12.4 Å². The average Bonchev–Trinajstić information content (AvgIpc) is 3.33. The van der Waals surface area contributed by atoms with Gasteiger partial charge in [-0.1, -0.05) is 41.9 Å². The third kappa shape index (κ3) is 4.50. The van der Waals surface area contributed by atoms with Crippen LogP contribution in [0.4, 0.5) is 20.3 Å². The molecule has 0 aliphatic rings. The maximum atomic E-state index is 14.7. The van der Waals surface area contributed by atoms with Crippen LogP contribution in [0, 0.1) is 11.6 Å². The van der Waals surface area contributed by atoms with Crippen molar-refractivity contribution in [3.05, 3.63) is 101 Å². The Bertz CT molecular complexity index is 1590. The number of methoxy groups -OCH3 is 1. The number of thioether (sulfide) groups is 1.